The zero-order valence-electron chi connectivity index (χ0n) is 13.9. The summed E-state index contributed by atoms with van der Waals surface area (Å²) in [5.74, 6) is -0.364. The van der Waals surface area contributed by atoms with Crippen molar-refractivity contribution in [2.24, 2.45) is 5.73 Å². The second-order valence-electron chi connectivity index (χ2n) is 6.75. The molecule has 0 aromatic heterocycles. The lowest BCUT2D eigenvalue weighted by atomic mass is 10.1. The number of amides is 1. The fraction of sp³-hybridized carbons (Fsp3) is 0.611. The summed E-state index contributed by atoms with van der Waals surface area (Å²) in [5.41, 5.74) is 7.12. The molecule has 5 heteroatoms. The molecule has 2 aliphatic heterocycles. The summed E-state index contributed by atoms with van der Waals surface area (Å²) >= 11 is 0. The summed E-state index contributed by atoms with van der Waals surface area (Å²) in [6.07, 6.45) is 4.03. The summed E-state index contributed by atoms with van der Waals surface area (Å²) in [7, 11) is 1.80. The van der Waals surface area contributed by atoms with Gasteiger partial charge in [-0.05, 0) is 50.0 Å². The van der Waals surface area contributed by atoms with Gasteiger partial charge in [0.2, 0.25) is 5.91 Å². The number of carbonyl (C=O) groups excluding carboxylic acids is 1. The van der Waals surface area contributed by atoms with Gasteiger partial charge in [-0.25, -0.2) is 0 Å². The van der Waals surface area contributed by atoms with Crippen LogP contribution in [0.4, 0.5) is 0 Å². The summed E-state index contributed by atoms with van der Waals surface area (Å²) in [6, 6.07) is 8.19. The highest BCUT2D eigenvalue weighted by Gasteiger charge is 2.33. The average Bonchev–Trinajstić information content (AvgIpc) is 3.18. The highest BCUT2D eigenvalue weighted by Crippen LogP contribution is 2.24. The van der Waals surface area contributed by atoms with E-state index in [1.54, 1.807) is 13.2 Å². The van der Waals surface area contributed by atoms with Gasteiger partial charge in [-0.1, -0.05) is 12.1 Å². The third-order valence-electron chi connectivity index (χ3n) is 5.09. The Hall–Kier alpha value is -1.43. The minimum Gasteiger partial charge on any atom is -0.380 e. The second kappa shape index (κ2) is 7.43. The van der Waals surface area contributed by atoms with E-state index in [4.69, 9.17) is 10.5 Å². The van der Waals surface area contributed by atoms with Crippen LogP contribution in [0.3, 0.4) is 0 Å². The fourth-order valence-corrected chi connectivity index (χ4v) is 3.81. The number of nitrogens with two attached hydrogens (primary N) is 1. The summed E-state index contributed by atoms with van der Waals surface area (Å²) < 4.78 is 5.60. The van der Waals surface area contributed by atoms with E-state index in [2.05, 4.69) is 15.9 Å². The van der Waals surface area contributed by atoms with Crippen LogP contribution in [0.1, 0.15) is 35.2 Å². The molecule has 23 heavy (non-hydrogen) atoms. The van der Waals surface area contributed by atoms with Crippen LogP contribution < -0.4 is 5.73 Å². The minimum atomic E-state index is -0.364. The Bertz CT molecular complexity index is 543. The first-order valence-corrected chi connectivity index (χ1v) is 8.53. The Morgan fingerprint density at radius 2 is 2.13 bits per heavy atom. The summed E-state index contributed by atoms with van der Waals surface area (Å²) in [5, 5.41) is 0. The van der Waals surface area contributed by atoms with Crippen molar-refractivity contribution in [1.29, 1.82) is 0 Å². The molecule has 3 rings (SSSR count). The summed E-state index contributed by atoms with van der Waals surface area (Å²) in [4.78, 5) is 16.4. The van der Waals surface area contributed by atoms with Gasteiger partial charge < -0.3 is 15.4 Å². The first-order chi connectivity index (χ1) is 11.2. The first-order valence-electron chi connectivity index (χ1n) is 8.53. The predicted molar refractivity (Wildman–Crippen MR) is 90.2 cm³/mol. The minimum absolute atomic E-state index is 0.307. The van der Waals surface area contributed by atoms with Gasteiger partial charge in [0.15, 0.2) is 0 Å². The van der Waals surface area contributed by atoms with Crippen LogP contribution in [0.25, 0.3) is 0 Å². The number of hydrogen-bond acceptors (Lipinski definition) is 4. The summed E-state index contributed by atoms with van der Waals surface area (Å²) in [6.45, 7) is 5.36. The van der Waals surface area contributed by atoms with Crippen molar-refractivity contribution in [3.8, 4) is 0 Å². The van der Waals surface area contributed by atoms with Gasteiger partial charge >= 0.3 is 0 Å². The highest BCUT2D eigenvalue weighted by molar-refractivity contribution is 5.92. The topological polar surface area (TPSA) is 58.8 Å². The van der Waals surface area contributed by atoms with Crippen LogP contribution in [0.15, 0.2) is 24.3 Å². The molecular weight excluding hydrogens is 290 g/mol. The molecule has 126 valence electrons. The molecule has 1 aromatic carbocycles. The van der Waals surface area contributed by atoms with E-state index in [0.717, 1.165) is 31.6 Å². The normalized spacial score (nSPS) is 26.0. The largest absolute Gasteiger partial charge is 0.380 e. The van der Waals surface area contributed by atoms with Crippen molar-refractivity contribution in [3.05, 3.63) is 35.4 Å². The van der Waals surface area contributed by atoms with Gasteiger partial charge in [-0.15, -0.1) is 0 Å². The third kappa shape index (κ3) is 4.10. The Morgan fingerprint density at radius 1 is 1.35 bits per heavy atom. The molecule has 0 spiro atoms. The third-order valence-corrected chi connectivity index (χ3v) is 5.09. The number of nitrogens with zero attached hydrogens (tertiary/aromatic N) is 2. The molecule has 0 saturated carbocycles. The smallest absolute Gasteiger partial charge is 0.248 e. The monoisotopic (exact) mass is 317 g/mol. The molecule has 5 nitrogen and oxygen atoms in total. The maximum absolute atomic E-state index is 11.4. The van der Waals surface area contributed by atoms with Gasteiger partial charge in [0.25, 0.3) is 0 Å². The lowest BCUT2D eigenvalue weighted by Gasteiger charge is -2.28. The zero-order chi connectivity index (χ0) is 16.2. The maximum atomic E-state index is 11.4. The average molecular weight is 317 g/mol. The Labute approximate surface area is 138 Å². The molecule has 2 aliphatic rings. The quantitative estimate of drug-likeness (QED) is 0.863. The van der Waals surface area contributed by atoms with Gasteiger partial charge in [-0.3, -0.25) is 9.69 Å². The fourth-order valence-electron chi connectivity index (χ4n) is 3.81. The van der Waals surface area contributed by atoms with Crippen LogP contribution in [-0.2, 0) is 11.3 Å². The van der Waals surface area contributed by atoms with Crippen molar-refractivity contribution >= 4 is 5.91 Å². The molecule has 2 atom stereocenters. The molecule has 2 heterocycles. The molecule has 0 bridgehead atoms. The van der Waals surface area contributed by atoms with Crippen LogP contribution in [0, 0.1) is 0 Å². The number of hydrogen-bond donors (Lipinski definition) is 1. The van der Waals surface area contributed by atoms with Crippen LogP contribution in [0.5, 0.6) is 0 Å². The number of likely N-dealkylation sites (tertiary alicyclic amines) is 2. The Kier molecular flexibility index (Phi) is 5.30. The van der Waals surface area contributed by atoms with E-state index < -0.39 is 0 Å². The molecule has 2 fully saturated rings. The van der Waals surface area contributed by atoms with Crippen LogP contribution in [0.2, 0.25) is 0 Å². The number of carbonyl (C=O) groups is 1. The first kappa shape index (κ1) is 16.4. The van der Waals surface area contributed by atoms with E-state index >= 15 is 0 Å². The maximum Gasteiger partial charge on any atom is 0.248 e. The van der Waals surface area contributed by atoms with Crippen molar-refractivity contribution < 1.29 is 9.53 Å². The number of methoxy groups -OCH3 is 1. The zero-order valence-corrected chi connectivity index (χ0v) is 13.9. The molecule has 0 aliphatic carbocycles. The van der Waals surface area contributed by atoms with E-state index in [0.29, 0.717) is 17.7 Å². The molecule has 0 unspecified atom stereocenters. The Morgan fingerprint density at radius 3 is 2.83 bits per heavy atom. The van der Waals surface area contributed by atoms with Crippen molar-refractivity contribution in [3.63, 3.8) is 0 Å². The van der Waals surface area contributed by atoms with E-state index in [1.165, 1.54) is 25.9 Å². The van der Waals surface area contributed by atoms with E-state index in [1.807, 2.05) is 12.1 Å². The number of primary amides is 1. The molecule has 2 saturated heterocycles. The van der Waals surface area contributed by atoms with Crippen LogP contribution >= 0.6 is 0 Å². The second-order valence-corrected chi connectivity index (χ2v) is 6.75. The predicted octanol–water partition coefficient (Wildman–Crippen LogP) is 1.47. The molecule has 2 N–H and O–H groups in total. The van der Waals surface area contributed by atoms with Crippen LogP contribution in [-0.4, -0.2) is 61.1 Å². The number of rotatable bonds is 6. The van der Waals surface area contributed by atoms with Crippen molar-refractivity contribution in [2.45, 2.75) is 38.0 Å². The number of ether oxygens (including phenoxy) is 1. The highest BCUT2D eigenvalue weighted by atomic mass is 16.5. The van der Waals surface area contributed by atoms with Gasteiger partial charge in [0, 0.05) is 38.3 Å². The molecule has 1 aromatic rings. The molecule has 0 radical (unpaired) electrons. The van der Waals surface area contributed by atoms with E-state index in [-0.39, 0.29) is 5.91 Å². The lowest BCUT2D eigenvalue weighted by Crippen LogP contribution is -2.38. The van der Waals surface area contributed by atoms with E-state index in [9.17, 15) is 4.79 Å². The standard InChI is InChI=1S/C18H27N3O2/c1-23-17-10-16(12-20-7-2-3-8-20)21(13-17)11-14-5-4-6-15(9-14)18(19)22/h4-6,9,16-17H,2-3,7-8,10-13H2,1H3,(H2,19,22)/t16-,17-/m0/s1. The SMILES string of the molecule is CO[C@H]1C[C@@H](CN2CCCC2)N(Cc2cccc(C(N)=O)c2)C1. The van der Waals surface area contributed by atoms with Gasteiger partial charge in [-0.2, -0.15) is 0 Å². The molecular formula is C18H27N3O2. The molecule has 1 amide bonds. The Balaban J connectivity index is 1.67. The van der Waals surface area contributed by atoms with Gasteiger partial charge in [0.05, 0.1) is 6.10 Å². The van der Waals surface area contributed by atoms with Crippen molar-refractivity contribution in [1.82, 2.24) is 9.80 Å². The van der Waals surface area contributed by atoms with Crippen molar-refractivity contribution in [2.75, 3.05) is 33.3 Å². The van der Waals surface area contributed by atoms with Gasteiger partial charge in [0.1, 0.15) is 0 Å². The number of benzene rings is 1. The lowest BCUT2D eigenvalue weighted by molar-refractivity contribution is 0.0999.